The molecular formula is C22H25FN6O2. The third-order valence-electron chi connectivity index (χ3n) is 6.22. The van der Waals surface area contributed by atoms with Crippen LogP contribution in [0.1, 0.15) is 41.0 Å². The van der Waals surface area contributed by atoms with Crippen molar-refractivity contribution < 1.29 is 13.9 Å². The summed E-state index contributed by atoms with van der Waals surface area (Å²) in [4.78, 5) is 24.2. The highest BCUT2D eigenvalue weighted by molar-refractivity contribution is 6.00. The van der Waals surface area contributed by atoms with Crippen LogP contribution in [-0.4, -0.2) is 39.5 Å². The summed E-state index contributed by atoms with van der Waals surface area (Å²) < 4.78 is 20.6. The number of carbonyl (C=O) groups excluding carboxylic acids is 1. The number of amides is 1. The van der Waals surface area contributed by atoms with Gasteiger partial charge in [0.1, 0.15) is 5.69 Å². The second kappa shape index (κ2) is 7.72. The van der Waals surface area contributed by atoms with Gasteiger partial charge in [0.25, 0.3) is 5.91 Å². The second-order valence-corrected chi connectivity index (χ2v) is 8.31. The molecule has 2 bridgehead atoms. The van der Waals surface area contributed by atoms with Gasteiger partial charge >= 0.3 is 6.01 Å². The Balaban J connectivity index is 1.34. The molecule has 5 rings (SSSR count). The highest BCUT2D eigenvalue weighted by Gasteiger charge is 2.49. The van der Waals surface area contributed by atoms with Crippen molar-refractivity contribution in [2.45, 2.75) is 45.2 Å². The molecule has 2 N–H and O–H groups in total. The van der Waals surface area contributed by atoms with E-state index in [1.54, 1.807) is 24.5 Å². The fraction of sp³-hybridized carbons (Fsp3) is 0.409. The minimum Gasteiger partial charge on any atom is -0.463 e. The summed E-state index contributed by atoms with van der Waals surface area (Å²) in [6.45, 7) is 4.29. The standard InChI is InChI=1S/C22H25FN6O2/c1-13-10-14(2)27-22(26-13)31-12-15-11-16-6-7-19(15)28(16)21(30)17-4-3-5-18(23)20(17)29-24-8-9-25-29/h3-5,8-10,15-16,19,24-25H,6-7,11-12H2,1-2H3. The number of ether oxygens (including phenoxy) is 1. The number of halogens is 1. The van der Waals surface area contributed by atoms with E-state index in [-0.39, 0.29) is 29.6 Å². The summed E-state index contributed by atoms with van der Waals surface area (Å²) >= 11 is 0. The number of hydrogen-bond donors (Lipinski definition) is 2. The zero-order valence-corrected chi connectivity index (χ0v) is 17.5. The molecular weight excluding hydrogens is 399 g/mol. The third kappa shape index (κ3) is 3.54. The minimum absolute atomic E-state index is 0.0668. The Labute approximate surface area is 180 Å². The Morgan fingerprint density at radius 3 is 2.68 bits per heavy atom. The van der Waals surface area contributed by atoms with Gasteiger partial charge in [-0.15, -0.1) is 0 Å². The van der Waals surface area contributed by atoms with Gasteiger partial charge < -0.3 is 9.64 Å². The number of aromatic nitrogens is 2. The molecule has 0 aliphatic carbocycles. The molecule has 0 radical (unpaired) electrons. The molecule has 3 aliphatic rings. The van der Waals surface area contributed by atoms with Crippen LogP contribution in [0.2, 0.25) is 0 Å². The predicted octanol–water partition coefficient (Wildman–Crippen LogP) is 2.61. The number of nitrogens with zero attached hydrogens (tertiary/aromatic N) is 4. The van der Waals surface area contributed by atoms with E-state index in [2.05, 4.69) is 20.8 Å². The number of hydrogen-bond acceptors (Lipinski definition) is 7. The molecule has 1 amide bonds. The normalized spacial score (nSPS) is 23.8. The number of rotatable bonds is 5. The fourth-order valence-corrected chi connectivity index (χ4v) is 4.99. The van der Waals surface area contributed by atoms with Crippen molar-refractivity contribution >= 4 is 11.6 Å². The van der Waals surface area contributed by atoms with Gasteiger partial charge in [-0.05, 0) is 51.3 Å². The first-order chi connectivity index (χ1) is 15.0. The molecule has 3 aliphatic heterocycles. The maximum absolute atomic E-state index is 14.7. The third-order valence-corrected chi connectivity index (χ3v) is 6.22. The Morgan fingerprint density at radius 2 is 1.94 bits per heavy atom. The maximum Gasteiger partial charge on any atom is 0.316 e. The van der Waals surface area contributed by atoms with Gasteiger partial charge in [-0.25, -0.2) is 14.4 Å². The molecule has 0 saturated carbocycles. The van der Waals surface area contributed by atoms with Crippen LogP contribution in [0, 0.1) is 25.6 Å². The van der Waals surface area contributed by atoms with E-state index in [4.69, 9.17) is 4.74 Å². The average Bonchev–Trinajstić information content (AvgIpc) is 3.47. The first-order valence-electron chi connectivity index (χ1n) is 10.5. The van der Waals surface area contributed by atoms with E-state index in [9.17, 15) is 9.18 Å². The lowest BCUT2D eigenvalue weighted by Gasteiger charge is -2.27. The maximum atomic E-state index is 14.7. The second-order valence-electron chi connectivity index (χ2n) is 8.31. The zero-order valence-electron chi connectivity index (χ0n) is 17.5. The van der Waals surface area contributed by atoms with Gasteiger partial charge in [0.2, 0.25) is 0 Å². The number of anilines is 1. The summed E-state index contributed by atoms with van der Waals surface area (Å²) in [6, 6.07) is 7.09. The molecule has 0 spiro atoms. The number of carbonyl (C=O) groups is 1. The molecule has 8 nitrogen and oxygen atoms in total. The molecule has 9 heteroatoms. The molecule has 31 heavy (non-hydrogen) atoms. The topological polar surface area (TPSA) is 82.6 Å². The van der Waals surface area contributed by atoms with Gasteiger partial charge in [-0.3, -0.25) is 15.6 Å². The summed E-state index contributed by atoms with van der Waals surface area (Å²) in [5, 5.41) is 1.42. The van der Waals surface area contributed by atoms with Crippen LogP contribution in [0.15, 0.2) is 36.7 Å². The predicted molar refractivity (Wildman–Crippen MR) is 112 cm³/mol. The van der Waals surface area contributed by atoms with E-state index in [0.717, 1.165) is 30.7 Å². The first-order valence-corrected chi connectivity index (χ1v) is 10.5. The fourth-order valence-electron chi connectivity index (χ4n) is 4.99. The zero-order chi connectivity index (χ0) is 21.5. The molecule has 2 aromatic rings. The Morgan fingerprint density at radius 1 is 1.19 bits per heavy atom. The Hall–Kier alpha value is -3.36. The van der Waals surface area contributed by atoms with Crippen LogP contribution in [-0.2, 0) is 0 Å². The van der Waals surface area contributed by atoms with Gasteiger partial charge in [-0.2, -0.15) is 5.12 Å². The van der Waals surface area contributed by atoms with E-state index in [1.165, 1.54) is 11.2 Å². The lowest BCUT2D eigenvalue weighted by atomic mass is 9.90. The van der Waals surface area contributed by atoms with Gasteiger partial charge in [0, 0.05) is 41.8 Å². The molecule has 1 aromatic carbocycles. The van der Waals surface area contributed by atoms with Crippen molar-refractivity contribution in [1.29, 1.82) is 0 Å². The van der Waals surface area contributed by atoms with Crippen molar-refractivity contribution in [2.24, 2.45) is 5.92 Å². The molecule has 2 saturated heterocycles. The lowest BCUT2D eigenvalue weighted by molar-refractivity contribution is 0.0709. The van der Waals surface area contributed by atoms with Crippen LogP contribution in [0.4, 0.5) is 10.1 Å². The molecule has 162 valence electrons. The number of fused-ring (bicyclic) bond motifs is 2. The number of para-hydroxylation sites is 1. The number of aryl methyl sites for hydroxylation is 2. The van der Waals surface area contributed by atoms with E-state index in [0.29, 0.717) is 18.2 Å². The smallest absolute Gasteiger partial charge is 0.316 e. The monoisotopic (exact) mass is 424 g/mol. The molecule has 3 unspecified atom stereocenters. The number of benzene rings is 1. The van der Waals surface area contributed by atoms with Crippen molar-refractivity contribution in [2.75, 3.05) is 11.7 Å². The van der Waals surface area contributed by atoms with Crippen LogP contribution in [0.5, 0.6) is 6.01 Å². The van der Waals surface area contributed by atoms with Crippen molar-refractivity contribution in [1.82, 2.24) is 25.7 Å². The number of hydrazine groups is 2. The highest BCUT2D eigenvalue weighted by atomic mass is 19.1. The van der Waals surface area contributed by atoms with E-state index >= 15 is 0 Å². The highest BCUT2D eigenvalue weighted by Crippen LogP contribution is 2.43. The van der Waals surface area contributed by atoms with Gasteiger partial charge in [0.15, 0.2) is 5.82 Å². The molecule has 4 heterocycles. The van der Waals surface area contributed by atoms with Crippen molar-refractivity contribution in [3.05, 3.63) is 59.4 Å². The Bertz CT molecular complexity index is 1020. The average molecular weight is 424 g/mol. The summed E-state index contributed by atoms with van der Waals surface area (Å²) in [7, 11) is 0. The van der Waals surface area contributed by atoms with E-state index in [1.807, 2.05) is 24.8 Å². The molecule has 2 fully saturated rings. The first kappa shape index (κ1) is 19.6. The summed E-state index contributed by atoms with van der Waals surface area (Å²) in [6.07, 6.45) is 6.03. The summed E-state index contributed by atoms with van der Waals surface area (Å²) in [5.41, 5.74) is 8.04. The van der Waals surface area contributed by atoms with E-state index < -0.39 is 5.82 Å². The van der Waals surface area contributed by atoms with Gasteiger partial charge in [0.05, 0.1) is 12.2 Å². The quantitative estimate of drug-likeness (QED) is 0.764. The summed E-state index contributed by atoms with van der Waals surface area (Å²) in [5.74, 6) is -0.413. The Kier molecular flexibility index (Phi) is 4.88. The lowest BCUT2D eigenvalue weighted by Crippen LogP contribution is -2.42. The number of nitrogens with one attached hydrogen (secondary N) is 2. The van der Waals surface area contributed by atoms with Gasteiger partial charge in [-0.1, -0.05) is 6.07 Å². The van der Waals surface area contributed by atoms with Crippen molar-refractivity contribution in [3.8, 4) is 6.01 Å². The van der Waals surface area contributed by atoms with Crippen LogP contribution >= 0.6 is 0 Å². The van der Waals surface area contributed by atoms with Crippen LogP contribution < -0.4 is 20.7 Å². The molecule has 3 atom stereocenters. The minimum atomic E-state index is -0.465. The largest absolute Gasteiger partial charge is 0.463 e. The van der Waals surface area contributed by atoms with Crippen LogP contribution in [0.25, 0.3) is 0 Å². The molecule has 1 aromatic heterocycles. The SMILES string of the molecule is Cc1cc(C)nc(OCC2CC3CCC2N3C(=O)c2cccc(F)c2N2NC=CN2)n1. The van der Waals surface area contributed by atoms with Crippen molar-refractivity contribution in [3.63, 3.8) is 0 Å². The van der Waals surface area contributed by atoms with Crippen LogP contribution in [0.3, 0.4) is 0 Å².